The van der Waals surface area contributed by atoms with Crippen LogP contribution in [0.3, 0.4) is 0 Å². The van der Waals surface area contributed by atoms with E-state index in [1.807, 2.05) is 6.07 Å². The number of benzene rings is 1. The molecule has 1 aromatic carbocycles. The van der Waals surface area contributed by atoms with E-state index in [1.54, 1.807) is 0 Å². The third-order valence-corrected chi connectivity index (χ3v) is 3.80. The summed E-state index contributed by atoms with van der Waals surface area (Å²) in [4.78, 5) is 0. The molecule has 2 aromatic rings. The van der Waals surface area contributed by atoms with Crippen molar-refractivity contribution in [2.45, 2.75) is 19.4 Å². The number of fused-ring (bicyclic) bond motifs is 3. The molecule has 0 spiro atoms. The van der Waals surface area contributed by atoms with Crippen molar-refractivity contribution in [1.82, 2.24) is 9.88 Å². The van der Waals surface area contributed by atoms with Gasteiger partial charge in [-0.25, -0.2) is 0 Å². The van der Waals surface area contributed by atoms with Crippen LogP contribution in [-0.4, -0.2) is 11.1 Å². The minimum Gasteiger partial charge on any atom is -0.346 e. The van der Waals surface area contributed by atoms with E-state index in [0.29, 0.717) is 5.92 Å². The average Bonchev–Trinajstić information content (AvgIpc) is 2.55. The summed E-state index contributed by atoms with van der Waals surface area (Å²) in [5.74, 6) is 0.577. The number of halogens is 1. The molecule has 84 valence electrons. The highest BCUT2D eigenvalue weighted by molar-refractivity contribution is 6.31. The summed E-state index contributed by atoms with van der Waals surface area (Å²) in [6, 6.07) is 6.19. The van der Waals surface area contributed by atoms with Gasteiger partial charge in [0.15, 0.2) is 0 Å². The van der Waals surface area contributed by atoms with Gasteiger partial charge in [0.05, 0.1) is 0 Å². The number of hydrogen-bond donors (Lipinski definition) is 1. The summed E-state index contributed by atoms with van der Waals surface area (Å²) in [6.07, 6.45) is 0. The lowest BCUT2D eigenvalue weighted by Gasteiger charge is -2.21. The van der Waals surface area contributed by atoms with E-state index in [9.17, 15) is 0 Å². The number of rotatable bonds is 0. The molecule has 0 amide bonds. The first-order chi connectivity index (χ1) is 7.68. The molecule has 1 atom stereocenters. The standard InChI is InChI=1S/C13H15ClN2/c1-8-6-15-7-12-13(8)10-4-3-9(14)5-11(10)16(12)2/h3-5,8,15H,6-7H2,1-2H3. The van der Waals surface area contributed by atoms with Crippen LogP contribution in [0.15, 0.2) is 18.2 Å². The summed E-state index contributed by atoms with van der Waals surface area (Å²) >= 11 is 6.06. The van der Waals surface area contributed by atoms with Crippen molar-refractivity contribution in [3.05, 3.63) is 34.5 Å². The zero-order valence-electron chi connectivity index (χ0n) is 9.55. The van der Waals surface area contributed by atoms with Crippen LogP contribution < -0.4 is 5.32 Å². The molecule has 0 saturated carbocycles. The lowest BCUT2D eigenvalue weighted by Crippen LogP contribution is -2.27. The smallest absolute Gasteiger partial charge is 0.0498 e. The second kappa shape index (κ2) is 3.51. The molecular formula is C13H15ClN2. The molecule has 0 saturated heterocycles. The van der Waals surface area contributed by atoms with Gasteiger partial charge in [0.1, 0.15) is 0 Å². The molecule has 2 heterocycles. The maximum atomic E-state index is 6.06. The highest BCUT2D eigenvalue weighted by Gasteiger charge is 2.23. The number of aromatic nitrogens is 1. The Labute approximate surface area is 100 Å². The zero-order chi connectivity index (χ0) is 11.3. The van der Waals surface area contributed by atoms with Crippen LogP contribution >= 0.6 is 11.6 Å². The fourth-order valence-electron chi connectivity index (χ4n) is 2.76. The molecule has 1 aliphatic heterocycles. The highest BCUT2D eigenvalue weighted by Crippen LogP contribution is 2.34. The Bertz CT molecular complexity index is 557. The first-order valence-corrected chi connectivity index (χ1v) is 6.03. The van der Waals surface area contributed by atoms with Gasteiger partial charge in [0, 0.05) is 41.8 Å². The van der Waals surface area contributed by atoms with Crippen LogP contribution in [0, 0.1) is 0 Å². The fraction of sp³-hybridized carbons (Fsp3) is 0.385. The van der Waals surface area contributed by atoms with Gasteiger partial charge in [-0.05, 0) is 23.6 Å². The Hall–Kier alpha value is -0.990. The molecule has 16 heavy (non-hydrogen) atoms. The van der Waals surface area contributed by atoms with E-state index < -0.39 is 0 Å². The molecule has 1 N–H and O–H groups in total. The molecule has 0 bridgehead atoms. The highest BCUT2D eigenvalue weighted by atomic mass is 35.5. The van der Waals surface area contributed by atoms with Crippen molar-refractivity contribution in [2.75, 3.05) is 6.54 Å². The molecule has 0 aliphatic carbocycles. The van der Waals surface area contributed by atoms with Crippen molar-refractivity contribution in [2.24, 2.45) is 7.05 Å². The summed E-state index contributed by atoms with van der Waals surface area (Å²) in [6.45, 7) is 4.30. The van der Waals surface area contributed by atoms with E-state index in [-0.39, 0.29) is 0 Å². The SMILES string of the molecule is CC1CNCc2c1c1ccc(Cl)cc1n2C. The van der Waals surface area contributed by atoms with Crippen LogP contribution in [0.5, 0.6) is 0 Å². The van der Waals surface area contributed by atoms with Gasteiger partial charge >= 0.3 is 0 Å². The van der Waals surface area contributed by atoms with Crippen LogP contribution in [0.25, 0.3) is 10.9 Å². The van der Waals surface area contributed by atoms with Gasteiger partial charge in [0.2, 0.25) is 0 Å². The van der Waals surface area contributed by atoms with E-state index in [0.717, 1.165) is 18.1 Å². The third kappa shape index (κ3) is 1.30. The minimum atomic E-state index is 0.577. The van der Waals surface area contributed by atoms with E-state index in [2.05, 4.69) is 36.0 Å². The molecular weight excluding hydrogens is 220 g/mol. The molecule has 1 unspecified atom stereocenters. The van der Waals surface area contributed by atoms with Gasteiger partial charge in [-0.2, -0.15) is 0 Å². The summed E-state index contributed by atoms with van der Waals surface area (Å²) < 4.78 is 2.26. The lowest BCUT2D eigenvalue weighted by atomic mass is 9.95. The van der Waals surface area contributed by atoms with Crippen molar-refractivity contribution >= 4 is 22.5 Å². The second-order valence-corrected chi connectivity index (χ2v) is 5.05. The summed E-state index contributed by atoms with van der Waals surface area (Å²) in [5.41, 5.74) is 4.14. The number of aryl methyl sites for hydroxylation is 1. The normalized spacial score (nSPS) is 20.1. The molecule has 2 nitrogen and oxygen atoms in total. The van der Waals surface area contributed by atoms with Crippen LogP contribution in [0.4, 0.5) is 0 Å². The second-order valence-electron chi connectivity index (χ2n) is 4.61. The number of nitrogens with zero attached hydrogens (tertiary/aromatic N) is 1. The average molecular weight is 235 g/mol. The van der Waals surface area contributed by atoms with Gasteiger partial charge in [-0.1, -0.05) is 24.6 Å². The Morgan fingerprint density at radius 2 is 2.25 bits per heavy atom. The van der Waals surface area contributed by atoms with E-state index in [4.69, 9.17) is 11.6 Å². The zero-order valence-corrected chi connectivity index (χ0v) is 10.3. The molecule has 1 aliphatic rings. The molecule has 1 aromatic heterocycles. The topological polar surface area (TPSA) is 17.0 Å². The minimum absolute atomic E-state index is 0.577. The molecule has 0 radical (unpaired) electrons. The maximum Gasteiger partial charge on any atom is 0.0498 e. The van der Waals surface area contributed by atoms with E-state index in [1.165, 1.54) is 22.2 Å². The lowest BCUT2D eigenvalue weighted by molar-refractivity contribution is 0.553. The monoisotopic (exact) mass is 234 g/mol. The first kappa shape index (κ1) is 10.2. The summed E-state index contributed by atoms with van der Waals surface area (Å²) in [7, 11) is 2.12. The Morgan fingerprint density at radius 1 is 1.44 bits per heavy atom. The van der Waals surface area contributed by atoms with Gasteiger partial charge in [0.25, 0.3) is 0 Å². The fourth-order valence-corrected chi connectivity index (χ4v) is 2.93. The Kier molecular flexibility index (Phi) is 2.23. The van der Waals surface area contributed by atoms with Crippen molar-refractivity contribution in [3.8, 4) is 0 Å². The van der Waals surface area contributed by atoms with E-state index >= 15 is 0 Å². The summed E-state index contributed by atoms with van der Waals surface area (Å²) in [5, 5.41) is 5.62. The maximum absolute atomic E-state index is 6.06. The largest absolute Gasteiger partial charge is 0.346 e. The van der Waals surface area contributed by atoms with Crippen molar-refractivity contribution in [1.29, 1.82) is 0 Å². The first-order valence-electron chi connectivity index (χ1n) is 5.66. The Morgan fingerprint density at radius 3 is 3.06 bits per heavy atom. The molecule has 3 rings (SSSR count). The van der Waals surface area contributed by atoms with Gasteiger partial charge in [-0.3, -0.25) is 0 Å². The van der Waals surface area contributed by atoms with Crippen LogP contribution in [0.2, 0.25) is 5.02 Å². The molecule has 3 heteroatoms. The predicted molar refractivity (Wildman–Crippen MR) is 68.1 cm³/mol. The number of nitrogens with one attached hydrogen (secondary N) is 1. The molecule has 0 fully saturated rings. The van der Waals surface area contributed by atoms with Gasteiger partial charge in [-0.15, -0.1) is 0 Å². The Balaban J connectivity index is 2.39. The van der Waals surface area contributed by atoms with Gasteiger partial charge < -0.3 is 9.88 Å². The predicted octanol–water partition coefficient (Wildman–Crippen LogP) is 3.04. The number of hydrogen-bond acceptors (Lipinski definition) is 1. The van der Waals surface area contributed by atoms with Crippen LogP contribution in [-0.2, 0) is 13.6 Å². The quantitative estimate of drug-likeness (QED) is 0.742. The third-order valence-electron chi connectivity index (χ3n) is 3.56. The van der Waals surface area contributed by atoms with Crippen molar-refractivity contribution < 1.29 is 0 Å². The van der Waals surface area contributed by atoms with Crippen LogP contribution in [0.1, 0.15) is 24.1 Å². The van der Waals surface area contributed by atoms with Crippen molar-refractivity contribution in [3.63, 3.8) is 0 Å².